The summed E-state index contributed by atoms with van der Waals surface area (Å²) in [4.78, 5) is 28.3. The van der Waals surface area contributed by atoms with Crippen molar-refractivity contribution in [3.63, 3.8) is 0 Å². The molecule has 0 aromatic rings. The second-order valence-corrected chi connectivity index (χ2v) is 4.21. The van der Waals surface area contributed by atoms with Crippen LogP contribution in [0.3, 0.4) is 0 Å². The van der Waals surface area contributed by atoms with Crippen LogP contribution in [0, 0.1) is 0 Å². The van der Waals surface area contributed by atoms with Crippen molar-refractivity contribution >= 4 is 13.6 Å². The molecule has 0 heterocycles. The molecule has 8 heteroatoms. The van der Waals surface area contributed by atoms with E-state index in [2.05, 4.69) is 0 Å². The summed E-state index contributed by atoms with van der Waals surface area (Å²) in [6, 6.07) is -1.28. The van der Waals surface area contributed by atoms with Gasteiger partial charge in [0.25, 0.3) is 0 Å². The van der Waals surface area contributed by atoms with E-state index < -0.39 is 32.5 Å². The number of nitrogens with zero attached hydrogens (tertiary/aromatic N) is 1. The number of aliphatic hydroxyl groups excluding tert-OH is 1. The fourth-order valence-corrected chi connectivity index (χ4v) is 1.57. The summed E-state index contributed by atoms with van der Waals surface area (Å²) < 4.78 is 10.5. The van der Waals surface area contributed by atoms with Crippen LogP contribution in [0.25, 0.3) is 0 Å². The van der Waals surface area contributed by atoms with Crippen LogP contribution in [0.15, 0.2) is 0 Å². The number of hydrogen-bond donors (Lipinski definition) is 4. The third-order valence-electron chi connectivity index (χ3n) is 1.40. The van der Waals surface area contributed by atoms with Crippen LogP contribution in [0.5, 0.6) is 0 Å². The maximum Gasteiger partial charge on any atom is 0.339 e. The minimum absolute atomic E-state index is 0.689. The Morgan fingerprint density at radius 2 is 2.00 bits per heavy atom. The minimum atomic E-state index is -4.28. The van der Waals surface area contributed by atoms with Gasteiger partial charge in [-0.15, -0.1) is 0 Å². The third-order valence-corrected chi connectivity index (χ3v) is 2.21. The maximum atomic E-state index is 10.5. The van der Waals surface area contributed by atoms with Crippen molar-refractivity contribution in [2.45, 2.75) is 6.04 Å². The molecule has 0 amide bonds. The summed E-state index contributed by atoms with van der Waals surface area (Å²) in [5, 5.41) is 17.1. The highest BCUT2D eigenvalue weighted by Gasteiger charge is 2.26. The summed E-state index contributed by atoms with van der Waals surface area (Å²) in [6.45, 7) is -0.689. The Morgan fingerprint density at radius 1 is 1.54 bits per heavy atom. The van der Waals surface area contributed by atoms with Gasteiger partial charge in [-0.2, -0.15) is 0 Å². The molecule has 1 atom stereocenters. The van der Waals surface area contributed by atoms with Crippen molar-refractivity contribution in [1.82, 2.24) is 4.90 Å². The number of rotatable bonds is 5. The Morgan fingerprint density at radius 3 is 2.23 bits per heavy atom. The van der Waals surface area contributed by atoms with Gasteiger partial charge in [-0.3, -0.25) is 14.3 Å². The second kappa shape index (κ2) is 4.69. The van der Waals surface area contributed by atoms with Gasteiger partial charge in [0.15, 0.2) is 0 Å². The average Bonchev–Trinajstić information content (AvgIpc) is 1.82. The number of hydrogen-bond acceptors (Lipinski definition) is 4. The van der Waals surface area contributed by atoms with E-state index in [0.29, 0.717) is 0 Å². The standard InChI is InChI=1S/C5H12NO6P/c1-6(3-13(10,11)12)4(2-7)5(8)9/h4,7H,2-3H2,1H3,(H,8,9)(H2,10,11,12)/t4-/m0/s1. The lowest BCUT2D eigenvalue weighted by molar-refractivity contribution is -0.143. The molecular formula is C5H12NO6P. The van der Waals surface area contributed by atoms with Gasteiger partial charge in [-0.1, -0.05) is 0 Å². The number of aliphatic hydroxyl groups is 1. The molecule has 0 aliphatic rings. The Labute approximate surface area is 74.8 Å². The van der Waals surface area contributed by atoms with Crippen LogP contribution in [0.1, 0.15) is 0 Å². The highest BCUT2D eigenvalue weighted by atomic mass is 31.2. The molecule has 0 unspecified atom stereocenters. The topological polar surface area (TPSA) is 118 Å². The normalized spacial score (nSPS) is 14.5. The summed E-state index contributed by atoms with van der Waals surface area (Å²) in [5.41, 5.74) is 0. The highest BCUT2D eigenvalue weighted by Crippen LogP contribution is 2.35. The van der Waals surface area contributed by atoms with Crippen LogP contribution in [0.4, 0.5) is 0 Å². The Hall–Kier alpha value is -0.460. The predicted octanol–water partition coefficient (Wildman–Crippen LogP) is -1.50. The van der Waals surface area contributed by atoms with Gasteiger partial charge in [0.05, 0.1) is 6.61 Å². The largest absolute Gasteiger partial charge is 0.480 e. The molecule has 0 aliphatic carbocycles. The Kier molecular flexibility index (Phi) is 4.52. The van der Waals surface area contributed by atoms with Crippen molar-refractivity contribution in [3.05, 3.63) is 0 Å². The van der Waals surface area contributed by atoms with E-state index in [9.17, 15) is 9.36 Å². The lowest BCUT2D eigenvalue weighted by Crippen LogP contribution is -2.41. The van der Waals surface area contributed by atoms with Gasteiger partial charge in [-0.05, 0) is 7.05 Å². The van der Waals surface area contributed by atoms with E-state index in [1.165, 1.54) is 7.05 Å². The van der Waals surface area contributed by atoms with Gasteiger partial charge < -0.3 is 20.0 Å². The minimum Gasteiger partial charge on any atom is -0.480 e. The Balaban J connectivity index is 4.31. The fourth-order valence-electron chi connectivity index (χ4n) is 0.795. The lowest BCUT2D eigenvalue weighted by Gasteiger charge is -2.22. The van der Waals surface area contributed by atoms with Crippen LogP contribution < -0.4 is 0 Å². The van der Waals surface area contributed by atoms with Crippen molar-refractivity contribution in [2.24, 2.45) is 0 Å². The van der Waals surface area contributed by atoms with E-state index in [4.69, 9.17) is 20.0 Å². The molecule has 7 nitrogen and oxygen atoms in total. The van der Waals surface area contributed by atoms with Gasteiger partial charge >= 0.3 is 13.6 Å². The smallest absolute Gasteiger partial charge is 0.339 e. The van der Waals surface area contributed by atoms with Gasteiger partial charge in [0.2, 0.25) is 0 Å². The molecule has 0 aromatic heterocycles. The van der Waals surface area contributed by atoms with E-state index in [1.54, 1.807) is 0 Å². The molecule has 0 aliphatic heterocycles. The van der Waals surface area contributed by atoms with Gasteiger partial charge in [-0.25, -0.2) is 0 Å². The molecule has 0 radical (unpaired) electrons. The van der Waals surface area contributed by atoms with Crippen molar-refractivity contribution < 1.29 is 29.4 Å². The molecule has 0 fully saturated rings. The van der Waals surface area contributed by atoms with E-state index >= 15 is 0 Å². The molecule has 0 saturated heterocycles. The van der Waals surface area contributed by atoms with Crippen LogP contribution in [-0.2, 0) is 9.36 Å². The highest BCUT2D eigenvalue weighted by molar-refractivity contribution is 7.51. The summed E-state index contributed by atoms with van der Waals surface area (Å²) in [7, 11) is -3.06. The molecule has 13 heavy (non-hydrogen) atoms. The molecular weight excluding hydrogens is 201 g/mol. The molecule has 0 saturated carbocycles. The fraction of sp³-hybridized carbons (Fsp3) is 0.800. The van der Waals surface area contributed by atoms with Crippen LogP contribution in [0.2, 0.25) is 0 Å². The molecule has 0 rings (SSSR count). The first-order valence-electron chi connectivity index (χ1n) is 3.36. The maximum absolute atomic E-state index is 10.5. The van der Waals surface area contributed by atoms with E-state index in [-0.39, 0.29) is 0 Å². The SMILES string of the molecule is CN(CP(=O)(O)O)[C@@H](CO)C(=O)O. The number of carbonyl (C=O) groups is 1. The number of carboxylic acid groups (broad SMARTS) is 1. The zero-order valence-corrected chi connectivity index (χ0v) is 7.89. The van der Waals surface area contributed by atoms with Gasteiger partial charge in [0, 0.05) is 0 Å². The average molecular weight is 213 g/mol. The van der Waals surface area contributed by atoms with E-state index in [1.807, 2.05) is 0 Å². The number of carboxylic acids is 1. The van der Waals surface area contributed by atoms with Crippen molar-refractivity contribution in [2.75, 3.05) is 19.9 Å². The Bertz CT molecular complexity index is 225. The third kappa shape index (κ3) is 4.97. The van der Waals surface area contributed by atoms with Crippen molar-refractivity contribution in [1.29, 1.82) is 0 Å². The molecule has 78 valence electrons. The first-order chi connectivity index (χ1) is 5.78. The molecule has 0 spiro atoms. The van der Waals surface area contributed by atoms with Crippen molar-refractivity contribution in [3.8, 4) is 0 Å². The summed E-state index contributed by atoms with van der Waals surface area (Å²) in [6.07, 6.45) is -0.690. The number of likely N-dealkylation sites (N-methyl/N-ethyl adjacent to an activating group) is 1. The first kappa shape index (κ1) is 12.5. The second-order valence-electron chi connectivity index (χ2n) is 2.60. The van der Waals surface area contributed by atoms with Gasteiger partial charge in [0.1, 0.15) is 12.3 Å². The van der Waals surface area contributed by atoms with Crippen LogP contribution in [-0.4, -0.2) is 56.9 Å². The molecule has 0 aromatic carbocycles. The monoisotopic (exact) mass is 213 g/mol. The summed E-state index contributed by atoms with van der Waals surface area (Å²) >= 11 is 0. The first-order valence-corrected chi connectivity index (χ1v) is 5.16. The number of aliphatic carboxylic acids is 1. The quantitative estimate of drug-likeness (QED) is 0.410. The summed E-state index contributed by atoms with van der Waals surface area (Å²) in [5.74, 6) is -1.32. The molecule has 4 N–H and O–H groups in total. The van der Waals surface area contributed by atoms with Crippen LogP contribution >= 0.6 is 7.60 Å². The zero-order valence-electron chi connectivity index (χ0n) is 6.99. The zero-order chi connectivity index (χ0) is 10.6. The lowest BCUT2D eigenvalue weighted by atomic mass is 10.3. The molecule has 0 bridgehead atoms. The predicted molar refractivity (Wildman–Crippen MR) is 43.2 cm³/mol. The van der Waals surface area contributed by atoms with E-state index in [0.717, 1.165) is 4.90 Å².